The number of hydrogen-bond acceptors (Lipinski definition) is 3. The highest BCUT2D eigenvalue weighted by molar-refractivity contribution is 7.10. The molecule has 2 nitrogen and oxygen atoms in total. The van der Waals surface area contributed by atoms with Crippen LogP contribution in [0.3, 0.4) is 0 Å². The molecule has 0 N–H and O–H groups in total. The number of thiazole rings is 1. The van der Waals surface area contributed by atoms with E-state index in [4.69, 9.17) is 4.98 Å². The molecule has 0 unspecified atom stereocenters. The molecule has 2 aromatic carbocycles. The fourth-order valence-corrected chi connectivity index (χ4v) is 3.47. The van der Waals surface area contributed by atoms with Gasteiger partial charge >= 0.3 is 0 Å². The van der Waals surface area contributed by atoms with Crippen LogP contribution in [0.15, 0.2) is 84.4 Å². The van der Waals surface area contributed by atoms with Gasteiger partial charge in [0.2, 0.25) is 0 Å². The summed E-state index contributed by atoms with van der Waals surface area (Å²) < 4.78 is 0. The van der Waals surface area contributed by atoms with Crippen molar-refractivity contribution in [3.8, 4) is 22.4 Å². The van der Waals surface area contributed by atoms with Gasteiger partial charge in [-0.2, -0.15) is 0 Å². The van der Waals surface area contributed by atoms with E-state index in [0.29, 0.717) is 0 Å². The van der Waals surface area contributed by atoms with Gasteiger partial charge in [-0.25, -0.2) is 4.98 Å². The van der Waals surface area contributed by atoms with Crippen LogP contribution in [0.2, 0.25) is 0 Å². The molecule has 0 amide bonds. The summed E-state index contributed by atoms with van der Waals surface area (Å²) in [6.07, 6.45) is 2.61. The first-order valence-corrected chi connectivity index (χ1v) is 8.77. The quantitative estimate of drug-likeness (QED) is 0.497. The van der Waals surface area contributed by atoms with Gasteiger partial charge in [0.25, 0.3) is 0 Å². The molecular formula is C21H16N2S. The minimum Gasteiger partial charge on any atom is -0.261 e. The topological polar surface area (TPSA) is 25.8 Å². The smallest absolute Gasteiger partial charge is 0.0992 e. The van der Waals surface area contributed by atoms with Crippen molar-refractivity contribution in [2.45, 2.75) is 6.42 Å². The number of nitrogens with zero attached hydrogens (tertiary/aromatic N) is 2. The number of rotatable bonds is 4. The van der Waals surface area contributed by atoms with E-state index >= 15 is 0 Å². The summed E-state index contributed by atoms with van der Waals surface area (Å²) >= 11 is 1.69. The first kappa shape index (κ1) is 14.8. The first-order chi connectivity index (χ1) is 11.9. The maximum atomic E-state index is 4.76. The minimum absolute atomic E-state index is 0.785. The van der Waals surface area contributed by atoms with Gasteiger partial charge in [-0.15, -0.1) is 11.3 Å². The van der Waals surface area contributed by atoms with Crippen LogP contribution >= 0.6 is 11.3 Å². The molecule has 0 aliphatic carbocycles. The van der Waals surface area contributed by atoms with Crippen LogP contribution in [0.1, 0.15) is 10.7 Å². The van der Waals surface area contributed by atoms with Gasteiger partial charge in [-0.1, -0.05) is 60.7 Å². The Morgan fingerprint density at radius 1 is 0.708 bits per heavy atom. The third kappa shape index (κ3) is 3.26. The highest BCUT2D eigenvalue weighted by Crippen LogP contribution is 2.26. The van der Waals surface area contributed by atoms with Crippen LogP contribution < -0.4 is 0 Å². The Balaban J connectivity index is 1.54. The Kier molecular flexibility index (Phi) is 4.17. The normalized spacial score (nSPS) is 10.7. The van der Waals surface area contributed by atoms with E-state index in [0.717, 1.165) is 28.4 Å². The zero-order valence-corrected chi connectivity index (χ0v) is 13.9. The summed E-state index contributed by atoms with van der Waals surface area (Å²) in [6.45, 7) is 0. The van der Waals surface area contributed by atoms with Gasteiger partial charge in [-0.05, 0) is 23.3 Å². The fourth-order valence-electron chi connectivity index (χ4n) is 2.65. The van der Waals surface area contributed by atoms with Crippen molar-refractivity contribution in [1.82, 2.24) is 9.97 Å². The Labute approximate surface area is 145 Å². The van der Waals surface area contributed by atoms with Gasteiger partial charge in [0.05, 0.1) is 10.7 Å². The summed E-state index contributed by atoms with van der Waals surface area (Å²) in [4.78, 5) is 9.12. The molecular weight excluding hydrogens is 312 g/mol. The van der Waals surface area contributed by atoms with Crippen molar-refractivity contribution in [3.63, 3.8) is 0 Å². The minimum atomic E-state index is 0.785. The lowest BCUT2D eigenvalue weighted by molar-refractivity contribution is 1.05. The molecule has 24 heavy (non-hydrogen) atoms. The van der Waals surface area contributed by atoms with E-state index in [1.54, 1.807) is 11.3 Å². The molecule has 0 spiro atoms. The van der Waals surface area contributed by atoms with Gasteiger partial charge in [0.1, 0.15) is 0 Å². The molecule has 0 saturated carbocycles. The molecule has 0 aliphatic rings. The average molecular weight is 328 g/mol. The van der Waals surface area contributed by atoms with Crippen molar-refractivity contribution < 1.29 is 0 Å². The highest BCUT2D eigenvalue weighted by atomic mass is 32.1. The lowest BCUT2D eigenvalue weighted by Gasteiger charge is -2.02. The Bertz CT molecular complexity index is 913. The maximum absolute atomic E-state index is 4.76. The summed E-state index contributed by atoms with van der Waals surface area (Å²) in [6, 6.07) is 25.0. The van der Waals surface area contributed by atoms with Gasteiger partial charge in [0, 0.05) is 29.3 Å². The second kappa shape index (κ2) is 6.77. The molecule has 0 bridgehead atoms. The molecule has 4 rings (SSSR count). The van der Waals surface area contributed by atoms with Crippen LogP contribution in [-0.4, -0.2) is 9.97 Å². The van der Waals surface area contributed by atoms with E-state index in [9.17, 15) is 0 Å². The van der Waals surface area contributed by atoms with Gasteiger partial charge < -0.3 is 0 Å². The average Bonchev–Trinajstić information content (AvgIpc) is 3.12. The van der Waals surface area contributed by atoms with Gasteiger partial charge in [0.15, 0.2) is 0 Å². The summed E-state index contributed by atoms with van der Waals surface area (Å²) in [5, 5.41) is 3.21. The fraction of sp³-hybridized carbons (Fsp3) is 0.0476. The predicted octanol–water partition coefficient (Wildman–Crippen LogP) is 5.46. The molecule has 116 valence electrons. The molecule has 0 aliphatic heterocycles. The molecule has 0 fully saturated rings. The van der Waals surface area contributed by atoms with Crippen molar-refractivity contribution in [2.24, 2.45) is 0 Å². The summed E-state index contributed by atoms with van der Waals surface area (Å²) in [5.41, 5.74) is 5.70. The van der Waals surface area contributed by atoms with E-state index in [-0.39, 0.29) is 0 Å². The van der Waals surface area contributed by atoms with E-state index < -0.39 is 0 Å². The molecule has 0 saturated heterocycles. The summed E-state index contributed by atoms with van der Waals surface area (Å²) in [5.74, 6) is 0. The SMILES string of the molecule is c1ccc(-c2ccc(-c3csc(Cc4ccccn4)n3)cc2)cc1. The number of pyridine rings is 1. The van der Waals surface area contributed by atoms with Crippen molar-refractivity contribution in [3.05, 3.63) is 95.1 Å². The van der Waals surface area contributed by atoms with Gasteiger partial charge in [-0.3, -0.25) is 4.98 Å². The second-order valence-electron chi connectivity index (χ2n) is 5.57. The molecule has 4 aromatic rings. The Morgan fingerprint density at radius 2 is 1.42 bits per heavy atom. The van der Waals surface area contributed by atoms with E-state index in [2.05, 4.69) is 58.9 Å². The van der Waals surface area contributed by atoms with Crippen LogP contribution in [0.25, 0.3) is 22.4 Å². The van der Waals surface area contributed by atoms with E-state index in [1.165, 1.54) is 11.1 Å². The lowest BCUT2D eigenvalue weighted by atomic mass is 10.0. The first-order valence-electron chi connectivity index (χ1n) is 7.89. The van der Waals surface area contributed by atoms with Crippen LogP contribution in [0.4, 0.5) is 0 Å². The predicted molar refractivity (Wildman–Crippen MR) is 100 cm³/mol. The molecule has 0 radical (unpaired) electrons. The molecule has 3 heteroatoms. The lowest BCUT2D eigenvalue weighted by Crippen LogP contribution is -1.90. The zero-order valence-electron chi connectivity index (χ0n) is 13.1. The molecule has 2 heterocycles. The Morgan fingerprint density at radius 3 is 2.17 bits per heavy atom. The molecule has 2 aromatic heterocycles. The number of benzene rings is 2. The van der Waals surface area contributed by atoms with Crippen LogP contribution in [0, 0.1) is 0 Å². The second-order valence-corrected chi connectivity index (χ2v) is 6.51. The largest absolute Gasteiger partial charge is 0.261 e. The Hall–Kier alpha value is -2.78. The third-order valence-corrected chi connectivity index (χ3v) is 4.75. The monoisotopic (exact) mass is 328 g/mol. The highest BCUT2D eigenvalue weighted by Gasteiger charge is 2.06. The van der Waals surface area contributed by atoms with Crippen LogP contribution in [0.5, 0.6) is 0 Å². The molecule has 0 atom stereocenters. The third-order valence-electron chi connectivity index (χ3n) is 3.90. The standard InChI is InChI=1S/C21H16N2S/c1-2-6-16(7-3-1)17-9-11-18(12-10-17)20-15-24-21(23-20)14-19-8-4-5-13-22-19/h1-13,15H,14H2. The maximum Gasteiger partial charge on any atom is 0.0992 e. The summed E-state index contributed by atoms with van der Waals surface area (Å²) in [7, 11) is 0. The van der Waals surface area contributed by atoms with Crippen LogP contribution in [-0.2, 0) is 6.42 Å². The van der Waals surface area contributed by atoms with Crippen molar-refractivity contribution >= 4 is 11.3 Å². The number of hydrogen-bond donors (Lipinski definition) is 0. The number of aromatic nitrogens is 2. The van der Waals surface area contributed by atoms with Crippen molar-refractivity contribution in [1.29, 1.82) is 0 Å². The zero-order chi connectivity index (χ0) is 16.2. The van der Waals surface area contributed by atoms with Crippen molar-refractivity contribution in [2.75, 3.05) is 0 Å². The van der Waals surface area contributed by atoms with E-state index in [1.807, 2.05) is 30.5 Å².